The number of carboxylic acid groups (broad SMARTS) is 1. The summed E-state index contributed by atoms with van der Waals surface area (Å²) in [6.07, 6.45) is -2.07. The van der Waals surface area contributed by atoms with Crippen LogP contribution >= 0.6 is 11.3 Å². The van der Waals surface area contributed by atoms with Crippen LogP contribution in [0, 0.1) is 0 Å². The zero-order chi connectivity index (χ0) is 13.5. The number of thiazole rings is 1. The molecule has 0 aliphatic carbocycles. The molecule has 5 nitrogen and oxygen atoms in total. The number of halogens is 3. The third-order valence-corrected chi connectivity index (χ3v) is 3.19. The van der Waals surface area contributed by atoms with Crippen LogP contribution in [0.5, 0.6) is 0 Å². The van der Waals surface area contributed by atoms with Gasteiger partial charge in [-0.15, -0.1) is 11.3 Å². The summed E-state index contributed by atoms with van der Waals surface area (Å²) in [5.41, 5.74) is -1.05. The Hall–Kier alpha value is -1.90. The van der Waals surface area contributed by atoms with Crippen LogP contribution in [0.1, 0.15) is 15.4 Å². The quantitative estimate of drug-likeness (QED) is 0.914. The van der Waals surface area contributed by atoms with Gasteiger partial charge in [0.1, 0.15) is 9.88 Å². The van der Waals surface area contributed by atoms with E-state index in [0.717, 1.165) is 0 Å². The van der Waals surface area contributed by atoms with Gasteiger partial charge in [-0.3, -0.25) is 0 Å². The highest BCUT2D eigenvalue weighted by Gasteiger charge is 2.40. The summed E-state index contributed by atoms with van der Waals surface area (Å²) in [5.74, 6) is -1.65. The first-order valence-electron chi connectivity index (χ1n) is 4.58. The standard InChI is InChI=1S/C9H6F3N3O2S/c1-15-3-13-2-4(15)7-14-6(9(10,11)12)5(18-7)8(16)17/h2-3H,1H3,(H,16,17). The molecular weight excluding hydrogens is 271 g/mol. The SMILES string of the molecule is Cn1cncc1-c1nc(C(F)(F)F)c(C(=O)O)s1. The summed E-state index contributed by atoms with van der Waals surface area (Å²) in [6.45, 7) is 0. The number of alkyl halides is 3. The van der Waals surface area contributed by atoms with Crippen LogP contribution in [0.4, 0.5) is 13.2 Å². The molecule has 0 atom stereocenters. The normalized spacial score (nSPS) is 11.8. The molecule has 0 bridgehead atoms. The van der Waals surface area contributed by atoms with E-state index in [0.29, 0.717) is 17.0 Å². The van der Waals surface area contributed by atoms with Gasteiger partial charge >= 0.3 is 12.1 Å². The minimum Gasteiger partial charge on any atom is -0.477 e. The van der Waals surface area contributed by atoms with Crippen LogP contribution < -0.4 is 0 Å². The van der Waals surface area contributed by atoms with Gasteiger partial charge in [-0.1, -0.05) is 0 Å². The molecular formula is C9H6F3N3O2S. The number of rotatable bonds is 2. The lowest BCUT2D eigenvalue weighted by molar-refractivity contribution is -0.141. The van der Waals surface area contributed by atoms with Crippen LogP contribution in [0.2, 0.25) is 0 Å². The number of carbonyl (C=O) groups is 1. The second-order valence-electron chi connectivity index (χ2n) is 3.39. The maximum Gasteiger partial charge on any atom is 0.435 e. The van der Waals surface area contributed by atoms with Crippen molar-refractivity contribution in [3.63, 3.8) is 0 Å². The van der Waals surface area contributed by atoms with Crippen molar-refractivity contribution in [2.75, 3.05) is 0 Å². The fraction of sp³-hybridized carbons (Fsp3) is 0.222. The number of hydrogen-bond acceptors (Lipinski definition) is 4. The third kappa shape index (κ3) is 2.08. The number of nitrogens with zero attached hydrogens (tertiary/aromatic N) is 3. The molecule has 2 heterocycles. The second-order valence-corrected chi connectivity index (χ2v) is 4.39. The number of aryl methyl sites for hydroxylation is 1. The van der Waals surface area contributed by atoms with E-state index in [4.69, 9.17) is 5.11 Å². The molecule has 0 aliphatic rings. The first-order valence-corrected chi connectivity index (χ1v) is 5.40. The van der Waals surface area contributed by atoms with E-state index in [1.807, 2.05) is 0 Å². The minimum absolute atomic E-state index is 0.0280. The Morgan fingerprint density at radius 1 is 1.50 bits per heavy atom. The fourth-order valence-electron chi connectivity index (χ4n) is 1.33. The minimum atomic E-state index is -4.79. The second kappa shape index (κ2) is 4.09. The van der Waals surface area contributed by atoms with Crippen molar-refractivity contribution < 1.29 is 23.1 Å². The van der Waals surface area contributed by atoms with Crippen molar-refractivity contribution in [1.29, 1.82) is 0 Å². The van der Waals surface area contributed by atoms with Gasteiger partial charge in [-0.05, 0) is 0 Å². The molecule has 0 amide bonds. The highest BCUT2D eigenvalue weighted by Crippen LogP contribution is 2.37. The van der Waals surface area contributed by atoms with Crippen molar-refractivity contribution in [3.8, 4) is 10.7 Å². The Morgan fingerprint density at radius 3 is 2.56 bits per heavy atom. The molecule has 0 aliphatic heterocycles. The summed E-state index contributed by atoms with van der Waals surface area (Å²) < 4.78 is 39.3. The monoisotopic (exact) mass is 277 g/mol. The smallest absolute Gasteiger partial charge is 0.435 e. The number of imidazole rings is 1. The molecule has 1 N–H and O–H groups in total. The molecule has 0 spiro atoms. The van der Waals surface area contributed by atoms with Gasteiger partial charge in [-0.2, -0.15) is 13.2 Å². The van der Waals surface area contributed by atoms with Gasteiger partial charge in [0.15, 0.2) is 5.69 Å². The highest BCUT2D eigenvalue weighted by atomic mass is 32.1. The maximum atomic E-state index is 12.6. The van der Waals surface area contributed by atoms with Gasteiger partial charge in [0.2, 0.25) is 0 Å². The number of aromatic nitrogens is 3. The van der Waals surface area contributed by atoms with E-state index >= 15 is 0 Å². The van der Waals surface area contributed by atoms with Crippen LogP contribution in [0.25, 0.3) is 10.7 Å². The van der Waals surface area contributed by atoms with Crippen LogP contribution in [-0.2, 0) is 13.2 Å². The van der Waals surface area contributed by atoms with E-state index in [1.165, 1.54) is 17.1 Å². The zero-order valence-corrected chi connectivity index (χ0v) is 9.71. The summed E-state index contributed by atoms with van der Waals surface area (Å²) in [4.78, 5) is 17.1. The number of aromatic carboxylic acids is 1. The Bertz CT molecular complexity index is 602. The average molecular weight is 277 g/mol. The fourth-order valence-corrected chi connectivity index (χ4v) is 2.31. The number of carboxylic acids is 1. The zero-order valence-electron chi connectivity index (χ0n) is 8.89. The molecule has 0 saturated heterocycles. The van der Waals surface area contributed by atoms with Gasteiger partial charge in [-0.25, -0.2) is 14.8 Å². The summed E-state index contributed by atoms with van der Waals surface area (Å²) >= 11 is 0.475. The summed E-state index contributed by atoms with van der Waals surface area (Å²) in [7, 11) is 1.58. The number of hydrogen-bond donors (Lipinski definition) is 1. The topological polar surface area (TPSA) is 68.0 Å². The molecule has 2 aromatic rings. The van der Waals surface area contributed by atoms with Crippen LogP contribution in [-0.4, -0.2) is 25.6 Å². The average Bonchev–Trinajstić information content (AvgIpc) is 2.81. The Kier molecular flexibility index (Phi) is 2.85. The van der Waals surface area contributed by atoms with Gasteiger partial charge in [0.25, 0.3) is 0 Å². The van der Waals surface area contributed by atoms with Crippen molar-refractivity contribution in [2.45, 2.75) is 6.18 Å². The van der Waals surface area contributed by atoms with Crippen molar-refractivity contribution >= 4 is 17.3 Å². The molecule has 9 heteroatoms. The molecule has 0 radical (unpaired) electrons. The van der Waals surface area contributed by atoms with E-state index in [1.54, 1.807) is 7.05 Å². The lowest BCUT2D eigenvalue weighted by Gasteiger charge is -2.02. The van der Waals surface area contributed by atoms with Crippen molar-refractivity contribution in [1.82, 2.24) is 14.5 Å². The molecule has 2 aromatic heterocycles. The molecule has 0 saturated carbocycles. The first kappa shape index (κ1) is 12.6. The predicted molar refractivity (Wildman–Crippen MR) is 56.3 cm³/mol. The molecule has 2 rings (SSSR count). The van der Waals surface area contributed by atoms with E-state index < -0.39 is 22.7 Å². The molecule has 0 aromatic carbocycles. The maximum absolute atomic E-state index is 12.6. The molecule has 0 unspecified atom stereocenters. The van der Waals surface area contributed by atoms with E-state index in [2.05, 4.69) is 9.97 Å². The molecule has 96 valence electrons. The summed E-state index contributed by atoms with van der Waals surface area (Å²) in [5, 5.41) is 8.73. The Balaban J connectivity index is 2.60. The summed E-state index contributed by atoms with van der Waals surface area (Å²) in [6, 6.07) is 0. The predicted octanol–water partition coefficient (Wildman–Crippen LogP) is 2.26. The lowest BCUT2D eigenvalue weighted by atomic mass is 10.3. The van der Waals surface area contributed by atoms with E-state index in [-0.39, 0.29) is 5.01 Å². The first-order chi connectivity index (χ1) is 8.30. The van der Waals surface area contributed by atoms with E-state index in [9.17, 15) is 18.0 Å². The van der Waals surface area contributed by atoms with Crippen LogP contribution in [0.15, 0.2) is 12.5 Å². The lowest BCUT2D eigenvalue weighted by Crippen LogP contribution is -2.11. The van der Waals surface area contributed by atoms with Gasteiger partial charge < -0.3 is 9.67 Å². The Morgan fingerprint density at radius 2 is 2.17 bits per heavy atom. The largest absolute Gasteiger partial charge is 0.477 e. The molecule has 0 fully saturated rings. The van der Waals surface area contributed by atoms with Crippen molar-refractivity contribution in [3.05, 3.63) is 23.1 Å². The van der Waals surface area contributed by atoms with Gasteiger partial charge in [0.05, 0.1) is 18.2 Å². The van der Waals surface area contributed by atoms with Gasteiger partial charge in [0, 0.05) is 7.05 Å². The highest BCUT2D eigenvalue weighted by molar-refractivity contribution is 7.17. The third-order valence-electron chi connectivity index (χ3n) is 2.13. The van der Waals surface area contributed by atoms with Crippen molar-refractivity contribution in [2.24, 2.45) is 7.05 Å². The Labute approximate surface area is 103 Å². The molecule has 18 heavy (non-hydrogen) atoms. The van der Waals surface area contributed by atoms with Crippen LogP contribution in [0.3, 0.4) is 0 Å².